The van der Waals surface area contributed by atoms with E-state index in [2.05, 4.69) is 21.9 Å². The molecule has 0 aliphatic carbocycles. The van der Waals surface area contributed by atoms with E-state index in [9.17, 15) is 0 Å². The van der Waals surface area contributed by atoms with Crippen molar-refractivity contribution in [1.82, 2.24) is 15.0 Å². The van der Waals surface area contributed by atoms with Crippen LogP contribution in [0.1, 0.15) is 12.6 Å². The van der Waals surface area contributed by atoms with Gasteiger partial charge in [0.1, 0.15) is 5.69 Å². The number of nitrogens with one attached hydrogen (secondary N) is 1. The molecule has 0 aromatic carbocycles. The van der Waals surface area contributed by atoms with Crippen LogP contribution in [0.25, 0.3) is 11.4 Å². The van der Waals surface area contributed by atoms with E-state index in [0.717, 1.165) is 23.5 Å². The third kappa shape index (κ3) is 1.59. The van der Waals surface area contributed by atoms with Crippen LogP contribution in [-0.4, -0.2) is 15.0 Å². The lowest BCUT2D eigenvalue weighted by molar-refractivity contribution is 1.00. The Morgan fingerprint density at radius 3 is 2.77 bits per heavy atom. The largest absolute Gasteiger partial charge is 0.360 e. The lowest BCUT2D eigenvalue weighted by atomic mass is 10.3. The predicted octanol–water partition coefficient (Wildman–Crippen LogP) is 2.03. The fraction of sp³-hybridized carbons (Fsp3) is 0.200. The monoisotopic (exact) mass is 173 g/mol. The summed E-state index contributed by atoms with van der Waals surface area (Å²) in [6, 6.07) is 3.93. The SMILES string of the molecule is CCc1cnc(-c2ccc[nH]2)cn1. The normalized spacial score (nSPS) is 10.2. The van der Waals surface area contributed by atoms with Gasteiger partial charge < -0.3 is 4.98 Å². The Bertz CT molecular complexity index is 362. The fourth-order valence-electron chi connectivity index (χ4n) is 1.17. The van der Waals surface area contributed by atoms with Crippen molar-refractivity contribution in [3.8, 4) is 11.4 Å². The van der Waals surface area contributed by atoms with E-state index in [-0.39, 0.29) is 0 Å². The van der Waals surface area contributed by atoms with Crippen molar-refractivity contribution in [3.63, 3.8) is 0 Å². The summed E-state index contributed by atoms with van der Waals surface area (Å²) in [5.74, 6) is 0. The average Bonchev–Trinajstić information content (AvgIpc) is 2.71. The second-order valence-corrected chi connectivity index (χ2v) is 2.83. The van der Waals surface area contributed by atoms with Gasteiger partial charge in [-0.15, -0.1) is 0 Å². The molecule has 3 nitrogen and oxygen atoms in total. The van der Waals surface area contributed by atoms with Gasteiger partial charge >= 0.3 is 0 Å². The van der Waals surface area contributed by atoms with E-state index in [0.29, 0.717) is 0 Å². The van der Waals surface area contributed by atoms with Crippen LogP contribution in [0, 0.1) is 0 Å². The molecule has 2 aromatic rings. The molecule has 66 valence electrons. The molecular formula is C10H11N3. The summed E-state index contributed by atoms with van der Waals surface area (Å²) < 4.78 is 0. The minimum Gasteiger partial charge on any atom is -0.360 e. The zero-order chi connectivity index (χ0) is 9.10. The van der Waals surface area contributed by atoms with E-state index in [4.69, 9.17) is 0 Å². The second kappa shape index (κ2) is 3.39. The first-order chi connectivity index (χ1) is 6.40. The number of aromatic nitrogens is 3. The number of aryl methyl sites for hydroxylation is 1. The highest BCUT2D eigenvalue weighted by molar-refractivity contribution is 5.52. The van der Waals surface area contributed by atoms with Crippen molar-refractivity contribution in [2.45, 2.75) is 13.3 Å². The van der Waals surface area contributed by atoms with Crippen molar-refractivity contribution in [1.29, 1.82) is 0 Å². The maximum atomic E-state index is 4.30. The minimum absolute atomic E-state index is 0.891. The van der Waals surface area contributed by atoms with Crippen LogP contribution in [-0.2, 0) is 6.42 Å². The average molecular weight is 173 g/mol. The van der Waals surface area contributed by atoms with Crippen LogP contribution in [0.5, 0.6) is 0 Å². The quantitative estimate of drug-likeness (QED) is 0.755. The Morgan fingerprint density at radius 1 is 1.31 bits per heavy atom. The van der Waals surface area contributed by atoms with Crippen molar-refractivity contribution < 1.29 is 0 Å². The number of hydrogen-bond acceptors (Lipinski definition) is 2. The number of H-pyrrole nitrogens is 1. The molecule has 0 amide bonds. The summed E-state index contributed by atoms with van der Waals surface area (Å²) in [6.07, 6.45) is 6.42. The molecule has 0 unspecified atom stereocenters. The third-order valence-electron chi connectivity index (χ3n) is 1.94. The van der Waals surface area contributed by atoms with Gasteiger partial charge in [0.15, 0.2) is 0 Å². The first kappa shape index (κ1) is 7.98. The van der Waals surface area contributed by atoms with Gasteiger partial charge in [0.25, 0.3) is 0 Å². The zero-order valence-electron chi connectivity index (χ0n) is 7.49. The molecule has 0 saturated carbocycles. The Hall–Kier alpha value is -1.64. The predicted molar refractivity (Wildman–Crippen MR) is 51.2 cm³/mol. The molecule has 0 radical (unpaired) electrons. The van der Waals surface area contributed by atoms with Crippen LogP contribution < -0.4 is 0 Å². The van der Waals surface area contributed by atoms with Gasteiger partial charge in [0, 0.05) is 12.4 Å². The molecule has 0 aliphatic heterocycles. The van der Waals surface area contributed by atoms with Gasteiger partial charge in [-0.3, -0.25) is 9.97 Å². The Balaban J connectivity index is 2.33. The van der Waals surface area contributed by atoms with Crippen LogP contribution in [0.4, 0.5) is 0 Å². The summed E-state index contributed by atoms with van der Waals surface area (Å²) >= 11 is 0. The highest BCUT2D eigenvalue weighted by atomic mass is 14.8. The molecule has 0 fully saturated rings. The van der Waals surface area contributed by atoms with Crippen LogP contribution in [0.3, 0.4) is 0 Å². The van der Waals surface area contributed by atoms with E-state index in [1.165, 1.54) is 0 Å². The number of rotatable bonds is 2. The lowest BCUT2D eigenvalue weighted by Gasteiger charge is -1.97. The molecule has 13 heavy (non-hydrogen) atoms. The first-order valence-corrected chi connectivity index (χ1v) is 4.35. The molecule has 1 N–H and O–H groups in total. The Morgan fingerprint density at radius 2 is 2.23 bits per heavy atom. The Labute approximate surface area is 76.9 Å². The molecule has 2 aromatic heterocycles. The summed E-state index contributed by atoms with van der Waals surface area (Å²) in [5.41, 5.74) is 2.92. The molecule has 0 bridgehead atoms. The van der Waals surface area contributed by atoms with Crippen LogP contribution >= 0.6 is 0 Å². The maximum Gasteiger partial charge on any atom is 0.105 e. The second-order valence-electron chi connectivity index (χ2n) is 2.83. The summed E-state index contributed by atoms with van der Waals surface area (Å²) in [6.45, 7) is 2.07. The Kier molecular flexibility index (Phi) is 2.08. The molecule has 0 saturated heterocycles. The van der Waals surface area contributed by atoms with Gasteiger partial charge in [-0.25, -0.2) is 0 Å². The highest BCUT2D eigenvalue weighted by Gasteiger charge is 1.99. The molecular weight excluding hydrogens is 162 g/mol. The molecule has 3 heteroatoms. The van der Waals surface area contributed by atoms with Gasteiger partial charge in [-0.05, 0) is 18.6 Å². The number of hydrogen-bond donors (Lipinski definition) is 1. The lowest BCUT2D eigenvalue weighted by Crippen LogP contribution is -1.90. The summed E-state index contributed by atoms with van der Waals surface area (Å²) in [5, 5.41) is 0. The van der Waals surface area contributed by atoms with E-state index in [1.807, 2.05) is 24.5 Å². The molecule has 0 atom stereocenters. The van der Waals surface area contributed by atoms with Crippen LogP contribution in [0.15, 0.2) is 30.7 Å². The molecule has 0 aliphatic rings. The summed E-state index contributed by atoms with van der Waals surface area (Å²) in [4.78, 5) is 11.7. The van der Waals surface area contributed by atoms with Gasteiger partial charge in [0.2, 0.25) is 0 Å². The van der Waals surface area contributed by atoms with E-state index in [1.54, 1.807) is 6.20 Å². The van der Waals surface area contributed by atoms with Gasteiger partial charge in [-0.2, -0.15) is 0 Å². The van der Waals surface area contributed by atoms with Crippen molar-refractivity contribution in [2.75, 3.05) is 0 Å². The smallest absolute Gasteiger partial charge is 0.105 e. The number of aromatic amines is 1. The summed E-state index contributed by atoms with van der Waals surface area (Å²) in [7, 11) is 0. The molecule has 0 spiro atoms. The molecule has 2 heterocycles. The van der Waals surface area contributed by atoms with Crippen molar-refractivity contribution >= 4 is 0 Å². The fourth-order valence-corrected chi connectivity index (χ4v) is 1.17. The standard InChI is InChI=1S/C10H11N3/c1-2-8-6-13-10(7-12-8)9-4-3-5-11-9/h3-7,11H,2H2,1H3. The number of nitrogens with zero attached hydrogens (tertiary/aromatic N) is 2. The molecule has 2 rings (SSSR count). The minimum atomic E-state index is 0.891. The third-order valence-corrected chi connectivity index (χ3v) is 1.94. The van der Waals surface area contributed by atoms with Crippen LogP contribution in [0.2, 0.25) is 0 Å². The van der Waals surface area contributed by atoms with Gasteiger partial charge in [0.05, 0.1) is 17.6 Å². The van der Waals surface area contributed by atoms with E-state index >= 15 is 0 Å². The topological polar surface area (TPSA) is 41.6 Å². The first-order valence-electron chi connectivity index (χ1n) is 4.35. The zero-order valence-corrected chi connectivity index (χ0v) is 7.49. The van der Waals surface area contributed by atoms with Crippen molar-refractivity contribution in [2.24, 2.45) is 0 Å². The van der Waals surface area contributed by atoms with Gasteiger partial charge in [-0.1, -0.05) is 6.92 Å². The van der Waals surface area contributed by atoms with E-state index < -0.39 is 0 Å². The maximum absolute atomic E-state index is 4.30. The highest BCUT2D eigenvalue weighted by Crippen LogP contribution is 2.12. The van der Waals surface area contributed by atoms with Crippen molar-refractivity contribution in [3.05, 3.63) is 36.4 Å².